The van der Waals surface area contributed by atoms with Crippen molar-refractivity contribution in [2.24, 2.45) is 0 Å². The Labute approximate surface area is 129 Å². The first-order chi connectivity index (χ1) is 10.2. The van der Waals surface area contributed by atoms with Gasteiger partial charge in [0.25, 0.3) is 5.56 Å². The number of halogens is 1. The van der Waals surface area contributed by atoms with Crippen molar-refractivity contribution >= 4 is 33.3 Å². The van der Waals surface area contributed by atoms with Gasteiger partial charge in [0.05, 0.1) is 12.0 Å². The highest BCUT2D eigenvalue weighted by Crippen LogP contribution is 2.24. The number of hydrogen-bond donors (Lipinski definition) is 2. The fourth-order valence-electron chi connectivity index (χ4n) is 2.40. The second-order valence-electron chi connectivity index (χ2n) is 4.76. The Kier molecular flexibility index (Phi) is 3.78. The fourth-order valence-corrected chi connectivity index (χ4v) is 2.87. The molecular weight excluding hydrogens is 336 g/mol. The molecule has 8 heteroatoms. The molecule has 0 aromatic carbocycles. The van der Waals surface area contributed by atoms with Crippen LogP contribution in [0.5, 0.6) is 0 Å². The maximum absolute atomic E-state index is 11.6. The van der Waals surface area contributed by atoms with Gasteiger partial charge >= 0.3 is 0 Å². The molecule has 0 bridgehead atoms. The Morgan fingerprint density at radius 3 is 2.48 bits per heavy atom. The molecule has 110 valence electrons. The third-order valence-corrected chi connectivity index (χ3v) is 4.19. The van der Waals surface area contributed by atoms with E-state index in [0.29, 0.717) is 16.0 Å². The van der Waals surface area contributed by atoms with Crippen molar-refractivity contribution in [1.82, 2.24) is 15.0 Å². The van der Waals surface area contributed by atoms with Crippen molar-refractivity contribution in [3.63, 3.8) is 0 Å². The maximum Gasteiger partial charge on any atom is 0.267 e. The van der Waals surface area contributed by atoms with Crippen LogP contribution in [0.1, 0.15) is 0 Å². The average molecular weight is 351 g/mol. The number of nitrogens with two attached hydrogens (primary N) is 1. The number of aromatic nitrogens is 3. The van der Waals surface area contributed by atoms with Gasteiger partial charge in [0.2, 0.25) is 0 Å². The highest BCUT2D eigenvalue weighted by Gasteiger charge is 2.22. The number of aromatic amines is 1. The summed E-state index contributed by atoms with van der Waals surface area (Å²) in [6, 6.07) is 3.68. The van der Waals surface area contributed by atoms with E-state index in [1.807, 2.05) is 12.1 Å². The van der Waals surface area contributed by atoms with Gasteiger partial charge in [0.15, 0.2) is 5.82 Å². The summed E-state index contributed by atoms with van der Waals surface area (Å²) in [6.07, 6.45) is 3.17. The molecule has 0 aliphatic carbocycles. The normalized spacial score (nSPS) is 15.3. The van der Waals surface area contributed by atoms with Gasteiger partial charge in [0.1, 0.15) is 10.3 Å². The van der Waals surface area contributed by atoms with E-state index in [4.69, 9.17) is 5.73 Å². The van der Waals surface area contributed by atoms with E-state index in [2.05, 4.69) is 40.7 Å². The molecule has 1 fully saturated rings. The maximum atomic E-state index is 11.6. The molecule has 0 atom stereocenters. The molecule has 0 saturated carbocycles. The molecule has 1 saturated heterocycles. The number of H-pyrrole nitrogens is 1. The summed E-state index contributed by atoms with van der Waals surface area (Å²) in [6.45, 7) is 3.07. The number of anilines is 3. The summed E-state index contributed by atoms with van der Waals surface area (Å²) in [5.41, 5.74) is 6.47. The zero-order valence-corrected chi connectivity index (χ0v) is 12.9. The lowest BCUT2D eigenvalue weighted by Crippen LogP contribution is -2.47. The predicted octanol–water partition coefficient (Wildman–Crippen LogP) is 0.836. The largest absolute Gasteiger partial charge is 0.396 e. The van der Waals surface area contributed by atoms with E-state index in [1.54, 1.807) is 6.20 Å². The topological polar surface area (TPSA) is 91.1 Å². The Hall–Kier alpha value is -2.09. The molecule has 1 aliphatic rings. The first kappa shape index (κ1) is 13.9. The lowest BCUT2D eigenvalue weighted by Gasteiger charge is -2.36. The minimum Gasteiger partial charge on any atom is -0.396 e. The second kappa shape index (κ2) is 5.72. The first-order valence-corrected chi connectivity index (χ1v) is 7.39. The van der Waals surface area contributed by atoms with Crippen LogP contribution < -0.4 is 21.1 Å². The van der Waals surface area contributed by atoms with Crippen LogP contribution in [-0.2, 0) is 0 Å². The van der Waals surface area contributed by atoms with Gasteiger partial charge in [0, 0.05) is 32.4 Å². The average Bonchev–Trinajstić information content (AvgIpc) is 2.51. The molecule has 2 aromatic rings. The number of pyridine rings is 1. The molecule has 0 spiro atoms. The highest BCUT2D eigenvalue weighted by atomic mass is 79.9. The van der Waals surface area contributed by atoms with Crippen LogP contribution >= 0.6 is 15.9 Å². The van der Waals surface area contributed by atoms with Crippen molar-refractivity contribution in [2.75, 3.05) is 41.7 Å². The molecule has 3 rings (SSSR count). The molecule has 0 radical (unpaired) electrons. The molecule has 0 amide bonds. The first-order valence-electron chi connectivity index (χ1n) is 6.60. The van der Waals surface area contributed by atoms with Crippen LogP contribution in [0.15, 0.2) is 33.9 Å². The van der Waals surface area contributed by atoms with Crippen LogP contribution in [0.4, 0.5) is 17.3 Å². The third kappa shape index (κ3) is 2.71. The number of piperazine rings is 1. The van der Waals surface area contributed by atoms with Crippen molar-refractivity contribution in [3.8, 4) is 0 Å². The van der Waals surface area contributed by atoms with Gasteiger partial charge in [-0.1, -0.05) is 0 Å². The summed E-state index contributed by atoms with van der Waals surface area (Å²) in [7, 11) is 0. The fraction of sp³-hybridized carbons (Fsp3) is 0.308. The summed E-state index contributed by atoms with van der Waals surface area (Å²) >= 11 is 3.29. The molecule has 21 heavy (non-hydrogen) atoms. The lowest BCUT2D eigenvalue weighted by atomic mass is 10.3. The van der Waals surface area contributed by atoms with Crippen LogP contribution in [-0.4, -0.2) is 41.1 Å². The summed E-state index contributed by atoms with van der Waals surface area (Å²) in [5, 5.41) is 0. The summed E-state index contributed by atoms with van der Waals surface area (Å²) in [4.78, 5) is 27.0. The van der Waals surface area contributed by atoms with E-state index in [-0.39, 0.29) is 5.56 Å². The van der Waals surface area contributed by atoms with Crippen LogP contribution in [0.2, 0.25) is 0 Å². The zero-order chi connectivity index (χ0) is 14.8. The molecule has 2 aromatic heterocycles. The van der Waals surface area contributed by atoms with Crippen LogP contribution in [0.25, 0.3) is 0 Å². The molecule has 3 heterocycles. The van der Waals surface area contributed by atoms with Crippen molar-refractivity contribution in [2.45, 2.75) is 0 Å². The minimum atomic E-state index is -0.170. The van der Waals surface area contributed by atoms with E-state index >= 15 is 0 Å². The van der Waals surface area contributed by atoms with Crippen LogP contribution in [0.3, 0.4) is 0 Å². The van der Waals surface area contributed by atoms with E-state index < -0.39 is 0 Å². The van der Waals surface area contributed by atoms with Gasteiger partial charge in [-0.15, -0.1) is 0 Å². The lowest BCUT2D eigenvalue weighted by molar-refractivity contribution is 0.640. The Morgan fingerprint density at radius 2 is 1.81 bits per heavy atom. The van der Waals surface area contributed by atoms with Crippen molar-refractivity contribution in [3.05, 3.63) is 39.5 Å². The van der Waals surface area contributed by atoms with Gasteiger partial charge < -0.3 is 20.5 Å². The molecular formula is C13H15BrN6O. The van der Waals surface area contributed by atoms with Gasteiger partial charge in [-0.25, -0.2) is 9.97 Å². The number of nitrogen functional groups attached to an aromatic ring is 1. The van der Waals surface area contributed by atoms with Crippen LogP contribution in [0, 0.1) is 0 Å². The standard InChI is InChI=1S/C13H15BrN6O/c14-10-12(17-8-18-13(10)21)20-6-4-19(5-7-20)11-9(15)2-1-3-16-11/h1-3,8H,4-7,15H2,(H,17,18,21). The van der Waals surface area contributed by atoms with E-state index in [9.17, 15) is 4.79 Å². The van der Waals surface area contributed by atoms with Gasteiger partial charge in [-0.3, -0.25) is 4.79 Å². The molecule has 7 nitrogen and oxygen atoms in total. The van der Waals surface area contributed by atoms with E-state index in [1.165, 1.54) is 6.33 Å². The zero-order valence-electron chi connectivity index (χ0n) is 11.3. The smallest absolute Gasteiger partial charge is 0.267 e. The molecule has 0 unspecified atom stereocenters. The SMILES string of the molecule is Nc1cccnc1N1CCN(c2nc[nH]c(=O)c2Br)CC1. The monoisotopic (exact) mass is 350 g/mol. The van der Waals surface area contributed by atoms with Gasteiger partial charge in [-0.2, -0.15) is 0 Å². The molecule has 1 aliphatic heterocycles. The number of hydrogen-bond acceptors (Lipinski definition) is 6. The Balaban J connectivity index is 1.75. The van der Waals surface area contributed by atoms with Crippen molar-refractivity contribution < 1.29 is 0 Å². The minimum absolute atomic E-state index is 0.170. The predicted molar refractivity (Wildman–Crippen MR) is 85.6 cm³/mol. The number of nitrogens with one attached hydrogen (secondary N) is 1. The van der Waals surface area contributed by atoms with Crippen molar-refractivity contribution in [1.29, 1.82) is 0 Å². The Morgan fingerprint density at radius 1 is 1.14 bits per heavy atom. The number of nitrogens with zero attached hydrogens (tertiary/aromatic N) is 4. The quantitative estimate of drug-likeness (QED) is 0.833. The highest BCUT2D eigenvalue weighted by molar-refractivity contribution is 9.10. The molecule has 3 N–H and O–H groups in total. The third-order valence-electron chi connectivity index (χ3n) is 3.47. The number of rotatable bonds is 2. The van der Waals surface area contributed by atoms with Gasteiger partial charge in [-0.05, 0) is 28.1 Å². The van der Waals surface area contributed by atoms with E-state index in [0.717, 1.165) is 32.0 Å². The Bertz CT molecular complexity index is 695. The second-order valence-corrected chi connectivity index (χ2v) is 5.55. The summed E-state index contributed by atoms with van der Waals surface area (Å²) < 4.78 is 0.468. The summed E-state index contributed by atoms with van der Waals surface area (Å²) in [5.74, 6) is 1.49.